The van der Waals surface area contributed by atoms with E-state index in [9.17, 15) is 15.2 Å². The SMILES string of the molecule is O=[N+]([O-])c1cc(Br)c(O)c(/C=N/Nc2nc(Nc3ccccc3)nc(Nc3ccccc3)n2)c1. The van der Waals surface area contributed by atoms with Gasteiger partial charge in [-0.1, -0.05) is 36.4 Å². The van der Waals surface area contributed by atoms with E-state index in [2.05, 4.69) is 52.0 Å². The molecule has 11 nitrogen and oxygen atoms in total. The van der Waals surface area contributed by atoms with E-state index in [4.69, 9.17) is 0 Å². The number of phenols is 1. The fourth-order valence-corrected chi connectivity index (χ4v) is 3.27. The van der Waals surface area contributed by atoms with Gasteiger partial charge in [0.2, 0.25) is 17.8 Å². The number of non-ortho nitro benzene ring substituents is 1. The Kier molecular flexibility index (Phi) is 6.89. The van der Waals surface area contributed by atoms with Crippen LogP contribution in [0.5, 0.6) is 5.75 Å². The van der Waals surface area contributed by atoms with Crippen LogP contribution in [0.2, 0.25) is 0 Å². The Hall–Kier alpha value is -4.58. The largest absolute Gasteiger partial charge is 0.506 e. The van der Waals surface area contributed by atoms with Gasteiger partial charge in [-0.3, -0.25) is 10.1 Å². The molecule has 4 N–H and O–H groups in total. The van der Waals surface area contributed by atoms with Gasteiger partial charge in [0, 0.05) is 29.1 Å². The van der Waals surface area contributed by atoms with Crippen molar-refractivity contribution in [1.82, 2.24) is 15.0 Å². The van der Waals surface area contributed by atoms with Crippen molar-refractivity contribution in [3.8, 4) is 5.75 Å². The van der Waals surface area contributed by atoms with Crippen LogP contribution in [-0.2, 0) is 0 Å². The van der Waals surface area contributed by atoms with Crippen LogP contribution in [-0.4, -0.2) is 31.2 Å². The van der Waals surface area contributed by atoms with Crippen molar-refractivity contribution in [2.45, 2.75) is 0 Å². The van der Waals surface area contributed by atoms with E-state index >= 15 is 0 Å². The van der Waals surface area contributed by atoms with E-state index in [0.717, 1.165) is 11.4 Å². The summed E-state index contributed by atoms with van der Waals surface area (Å²) in [5, 5.41) is 31.5. The molecular formula is C22H17BrN8O3. The number of nitro groups is 1. The summed E-state index contributed by atoms with van der Waals surface area (Å²) in [6, 6.07) is 21.1. The number of aromatic nitrogens is 3. The molecule has 4 rings (SSSR count). The van der Waals surface area contributed by atoms with Gasteiger partial charge in [-0.05, 0) is 40.2 Å². The molecule has 0 spiro atoms. The molecule has 0 unspecified atom stereocenters. The molecule has 34 heavy (non-hydrogen) atoms. The second kappa shape index (κ2) is 10.4. The standard InChI is InChI=1S/C22H17BrN8O3/c23-18-12-17(31(33)34)11-14(19(18)32)13-24-30-22-28-20(25-15-7-3-1-4-8-15)27-21(29-22)26-16-9-5-2-6-10-16/h1-13,32H,(H3,25,26,27,28,29,30)/b24-13+. The zero-order valence-electron chi connectivity index (χ0n) is 17.4. The average molecular weight is 521 g/mol. The molecule has 170 valence electrons. The molecule has 0 saturated carbocycles. The van der Waals surface area contributed by atoms with Crippen LogP contribution in [0.1, 0.15) is 5.56 Å². The number of nitrogens with zero attached hydrogens (tertiary/aromatic N) is 5. The molecular weight excluding hydrogens is 504 g/mol. The Morgan fingerprint density at radius 1 is 0.882 bits per heavy atom. The van der Waals surface area contributed by atoms with Gasteiger partial charge in [-0.25, -0.2) is 5.43 Å². The van der Waals surface area contributed by atoms with Gasteiger partial charge in [0.05, 0.1) is 15.6 Å². The number of benzene rings is 3. The second-order valence-corrected chi connectivity index (χ2v) is 7.64. The lowest BCUT2D eigenvalue weighted by Crippen LogP contribution is -2.07. The summed E-state index contributed by atoms with van der Waals surface area (Å²) in [5.41, 5.74) is 4.16. The number of halogens is 1. The van der Waals surface area contributed by atoms with Gasteiger partial charge < -0.3 is 15.7 Å². The maximum atomic E-state index is 11.1. The van der Waals surface area contributed by atoms with Crippen molar-refractivity contribution in [1.29, 1.82) is 0 Å². The lowest BCUT2D eigenvalue weighted by molar-refractivity contribution is -0.385. The smallest absolute Gasteiger partial charge is 0.271 e. The zero-order chi connectivity index (χ0) is 23.9. The molecule has 0 aliphatic heterocycles. The lowest BCUT2D eigenvalue weighted by Gasteiger charge is -2.10. The van der Waals surface area contributed by atoms with E-state index in [1.807, 2.05) is 60.7 Å². The van der Waals surface area contributed by atoms with Crippen LogP contribution in [0.3, 0.4) is 0 Å². The number of aromatic hydroxyl groups is 1. The molecule has 4 aromatic rings. The number of rotatable bonds is 8. The molecule has 1 heterocycles. The van der Waals surface area contributed by atoms with Crippen molar-refractivity contribution in [2.24, 2.45) is 5.10 Å². The first-order valence-corrected chi connectivity index (χ1v) is 10.6. The lowest BCUT2D eigenvalue weighted by atomic mass is 10.2. The predicted octanol–water partition coefficient (Wildman–Crippen LogP) is 5.18. The average Bonchev–Trinajstić information content (AvgIpc) is 2.83. The first-order chi connectivity index (χ1) is 16.5. The number of para-hydroxylation sites is 2. The quantitative estimate of drug-likeness (QED) is 0.140. The van der Waals surface area contributed by atoms with E-state index in [-0.39, 0.29) is 39.3 Å². The molecule has 3 aromatic carbocycles. The molecule has 1 aromatic heterocycles. The van der Waals surface area contributed by atoms with Gasteiger partial charge in [-0.15, -0.1) is 0 Å². The Balaban J connectivity index is 1.60. The van der Waals surface area contributed by atoms with Crippen LogP contribution >= 0.6 is 15.9 Å². The first kappa shape index (κ1) is 22.6. The molecule has 0 fully saturated rings. The molecule has 0 atom stereocenters. The Bertz CT molecular complexity index is 1280. The highest BCUT2D eigenvalue weighted by molar-refractivity contribution is 9.10. The maximum Gasteiger partial charge on any atom is 0.271 e. The number of hydrazone groups is 1. The fourth-order valence-electron chi connectivity index (χ4n) is 2.81. The third kappa shape index (κ3) is 5.81. The van der Waals surface area contributed by atoms with Crippen molar-refractivity contribution in [3.05, 3.63) is 92.9 Å². The van der Waals surface area contributed by atoms with Crippen molar-refractivity contribution < 1.29 is 10.0 Å². The van der Waals surface area contributed by atoms with Gasteiger partial charge in [0.25, 0.3) is 5.69 Å². The van der Waals surface area contributed by atoms with Gasteiger partial charge in [0.15, 0.2) is 0 Å². The van der Waals surface area contributed by atoms with E-state index < -0.39 is 4.92 Å². The maximum absolute atomic E-state index is 11.1. The summed E-state index contributed by atoms with van der Waals surface area (Å²) >= 11 is 3.10. The van der Waals surface area contributed by atoms with Crippen LogP contribution in [0.4, 0.5) is 34.9 Å². The normalized spacial score (nSPS) is 10.7. The highest BCUT2D eigenvalue weighted by Gasteiger charge is 2.14. The van der Waals surface area contributed by atoms with E-state index in [1.165, 1.54) is 18.3 Å². The molecule has 0 saturated heterocycles. The van der Waals surface area contributed by atoms with Crippen LogP contribution in [0, 0.1) is 10.1 Å². The summed E-state index contributed by atoms with van der Waals surface area (Å²) < 4.78 is 0.173. The number of nitro benzene ring substituents is 1. The van der Waals surface area contributed by atoms with Crippen molar-refractivity contribution >= 4 is 57.1 Å². The Labute approximate surface area is 201 Å². The van der Waals surface area contributed by atoms with E-state index in [1.54, 1.807) is 0 Å². The molecule has 0 amide bonds. The molecule has 0 bridgehead atoms. The van der Waals surface area contributed by atoms with Crippen molar-refractivity contribution in [3.63, 3.8) is 0 Å². The summed E-state index contributed by atoms with van der Waals surface area (Å²) in [7, 11) is 0. The van der Waals surface area contributed by atoms with Crippen LogP contribution in [0.25, 0.3) is 0 Å². The summed E-state index contributed by atoms with van der Waals surface area (Å²) in [4.78, 5) is 23.5. The van der Waals surface area contributed by atoms with Gasteiger partial charge >= 0.3 is 0 Å². The predicted molar refractivity (Wildman–Crippen MR) is 133 cm³/mol. The minimum absolute atomic E-state index is 0.104. The summed E-state index contributed by atoms with van der Waals surface area (Å²) in [6.07, 6.45) is 1.23. The number of hydrogen-bond acceptors (Lipinski definition) is 10. The number of anilines is 5. The topological polar surface area (TPSA) is 150 Å². The third-order valence-electron chi connectivity index (χ3n) is 4.35. The van der Waals surface area contributed by atoms with Crippen LogP contribution in [0.15, 0.2) is 82.4 Å². The highest BCUT2D eigenvalue weighted by Crippen LogP contribution is 2.31. The minimum atomic E-state index is -0.565. The zero-order valence-corrected chi connectivity index (χ0v) is 19.0. The minimum Gasteiger partial charge on any atom is -0.506 e. The summed E-state index contributed by atoms with van der Waals surface area (Å²) in [6.45, 7) is 0. The summed E-state index contributed by atoms with van der Waals surface area (Å²) in [5.74, 6) is 0.438. The molecule has 0 radical (unpaired) electrons. The first-order valence-electron chi connectivity index (χ1n) is 9.84. The molecule has 0 aliphatic carbocycles. The number of nitrogens with one attached hydrogen (secondary N) is 3. The van der Waals surface area contributed by atoms with Gasteiger partial charge in [-0.2, -0.15) is 20.1 Å². The monoisotopic (exact) mass is 520 g/mol. The van der Waals surface area contributed by atoms with Crippen molar-refractivity contribution in [2.75, 3.05) is 16.1 Å². The fraction of sp³-hybridized carbons (Fsp3) is 0. The molecule has 12 heteroatoms. The van der Waals surface area contributed by atoms with Gasteiger partial charge in [0.1, 0.15) is 5.75 Å². The second-order valence-electron chi connectivity index (χ2n) is 6.78. The highest BCUT2D eigenvalue weighted by atomic mass is 79.9. The Morgan fingerprint density at radius 2 is 1.41 bits per heavy atom. The Morgan fingerprint density at radius 3 is 1.94 bits per heavy atom. The number of phenolic OH excluding ortho intramolecular Hbond substituents is 1. The third-order valence-corrected chi connectivity index (χ3v) is 4.96. The number of hydrogen-bond donors (Lipinski definition) is 4. The van der Waals surface area contributed by atoms with E-state index in [0.29, 0.717) is 0 Å². The van der Waals surface area contributed by atoms with Crippen LogP contribution < -0.4 is 16.1 Å². The molecule has 0 aliphatic rings.